The molecule has 2 aromatic carbocycles. The smallest absolute Gasteiger partial charge is 0.198 e. The van der Waals surface area contributed by atoms with E-state index in [1.807, 2.05) is 53.8 Å². The third-order valence-electron chi connectivity index (χ3n) is 3.34. The van der Waals surface area contributed by atoms with Crippen molar-refractivity contribution in [2.24, 2.45) is 0 Å². The van der Waals surface area contributed by atoms with E-state index in [9.17, 15) is 4.57 Å². The van der Waals surface area contributed by atoms with Crippen LogP contribution in [0.4, 0.5) is 5.69 Å². The monoisotopic (exact) mass is 321 g/mol. The highest BCUT2D eigenvalue weighted by atomic mass is 79.9. The zero-order valence-corrected chi connectivity index (χ0v) is 12.5. The number of hydrogen-bond donors (Lipinski definition) is 0. The molecule has 2 aromatic rings. The van der Waals surface area contributed by atoms with Gasteiger partial charge in [0.1, 0.15) is 0 Å². The molecule has 92 valence electrons. The summed E-state index contributed by atoms with van der Waals surface area (Å²) >= 11 is 3.42. The number of fused-ring (bicyclic) bond motifs is 1. The van der Waals surface area contributed by atoms with E-state index >= 15 is 0 Å². The quantitative estimate of drug-likeness (QED) is 0.740. The molecular formula is C14H13BrNOP. The lowest BCUT2D eigenvalue weighted by atomic mass is 10.2. The van der Waals surface area contributed by atoms with Crippen LogP contribution in [0.1, 0.15) is 5.56 Å². The molecular weight excluding hydrogens is 309 g/mol. The first kappa shape index (κ1) is 12.0. The van der Waals surface area contributed by atoms with Crippen molar-refractivity contribution in [2.45, 2.75) is 6.54 Å². The van der Waals surface area contributed by atoms with Crippen LogP contribution < -0.4 is 9.97 Å². The molecule has 0 N–H and O–H groups in total. The van der Waals surface area contributed by atoms with Crippen LogP contribution in [0.3, 0.4) is 0 Å². The van der Waals surface area contributed by atoms with Crippen LogP contribution in [0.2, 0.25) is 0 Å². The summed E-state index contributed by atoms with van der Waals surface area (Å²) in [4.78, 5) is 0. The van der Waals surface area contributed by atoms with Gasteiger partial charge in [-0.1, -0.05) is 34.1 Å². The summed E-state index contributed by atoms with van der Waals surface area (Å²) in [5.41, 5.74) is 2.19. The number of anilines is 1. The molecule has 0 bridgehead atoms. The second-order valence-corrected chi connectivity index (χ2v) is 8.18. The lowest BCUT2D eigenvalue weighted by Crippen LogP contribution is -2.14. The Morgan fingerprint density at radius 2 is 1.78 bits per heavy atom. The highest BCUT2D eigenvalue weighted by molar-refractivity contribution is 9.10. The van der Waals surface area contributed by atoms with E-state index in [1.54, 1.807) is 0 Å². The minimum atomic E-state index is -2.46. The van der Waals surface area contributed by atoms with Gasteiger partial charge in [0.05, 0.1) is 6.54 Å². The Morgan fingerprint density at radius 3 is 2.44 bits per heavy atom. The fourth-order valence-corrected chi connectivity index (χ4v) is 4.96. The van der Waals surface area contributed by atoms with E-state index in [0.717, 1.165) is 22.0 Å². The molecule has 0 saturated heterocycles. The van der Waals surface area contributed by atoms with E-state index in [2.05, 4.69) is 22.0 Å². The van der Waals surface area contributed by atoms with Gasteiger partial charge >= 0.3 is 0 Å². The molecule has 0 fully saturated rings. The molecule has 0 radical (unpaired) electrons. The van der Waals surface area contributed by atoms with Gasteiger partial charge in [-0.15, -0.1) is 0 Å². The second-order valence-electron chi connectivity index (χ2n) is 4.54. The van der Waals surface area contributed by atoms with Gasteiger partial charge in [-0.2, -0.15) is 0 Å². The third kappa shape index (κ3) is 1.82. The summed E-state index contributed by atoms with van der Waals surface area (Å²) in [6.45, 7) is 2.58. The molecule has 0 aliphatic carbocycles. The van der Waals surface area contributed by atoms with E-state index in [1.165, 1.54) is 5.56 Å². The molecule has 3 rings (SSSR count). The summed E-state index contributed by atoms with van der Waals surface area (Å²) < 4.78 is 16.0. The van der Waals surface area contributed by atoms with Crippen LogP contribution in [-0.2, 0) is 11.1 Å². The van der Waals surface area contributed by atoms with Crippen LogP contribution in [-0.4, -0.2) is 6.66 Å². The Labute approximate surface area is 115 Å². The summed E-state index contributed by atoms with van der Waals surface area (Å²) in [7, 11) is -2.46. The average molecular weight is 322 g/mol. The predicted molar refractivity (Wildman–Crippen MR) is 79.9 cm³/mol. The topological polar surface area (TPSA) is 20.3 Å². The number of halogens is 1. The Balaban J connectivity index is 2.07. The minimum Gasteiger partial charge on any atom is -0.315 e. The number of rotatable bonds is 1. The lowest BCUT2D eigenvalue weighted by Gasteiger charge is -2.24. The Morgan fingerprint density at radius 1 is 1.11 bits per heavy atom. The third-order valence-corrected chi connectivity index (χ3v) is 6.50. The van der Waals surface area contributed by atoms with Gasteiger partial charge in [0.2, 0.25) is 0 Å². The summed E-state index contributed by atoms with van der Waals surface area (Å²) in [6, 6.07) is 16.0. The normalized spacial score (nSPS) is 22.0. The molecule has 1 aliphatic rings. The van der Waals surface area contributed by atoms with Gasteiger partial charge in [-0.25, -0.2) is 0 Å². The molecule has 1 atom stereocenters. The van der Waals surface area contributed by atoms with E-state index in [0.29, 0.717) is 0 Å². The van der Waals surface area contributed by atoms with Gasteiger partial charge in [0.15, 0.2) is 7.29 Å². The first-order valence-corrected chi connectivity index (χ1v) is 8.68. The maximum absolute atomic E-state index is 13.0. The summed E-state index contributed by atoms with van der Waals surface area (Å²) in [5.74, 6) is 0. The van der Waals surface area contributed by atoms with Crippen molar-refractivity contribution in [1.29, 1.82) is 0 Å². The van der Waals surface area contributed by atoms with Crippen molar-refractivity contribution < 1.29 is 4.57 Å². The molecule has 1 heterocycles. The van der Waals surface area contributed by atoms with Crippen LogP contribution in [0, 0.1) is 0 Å². The lowest BCUT2D eigenvalue weighted by molar-refractivity contribution is 0.583. The van der Waals surface area contributed by atoms with Crippen molar-refractivity contribution in [2.75, 3.05) is 11.3 Å². The van der Waals surface area contributed by atoms with Crippen molar-refractivity contribution in [1.82, 2.24) is 0 Å². The second kappa shape index (κ2) is 4.25. The van der Waals surface area contributed by atoms with Gasteiger partial charge in [0, 0.05) is 22.1 Å². The minimum absolute atomic E-state index is 0.728. The molecule has 1 unspecified atom stereocenters. The fraction of sp³-hybridized carbons (Fsp3) is 0.143. The molecule has 0 aromatic heterocycles. The molecule has 4 heteroatoms. The van der Waals surface area contributed by atoms with Gasteiger partial charge in [0.25, 0.3) is 0 Å². The van der Waals surface area contributed by atoms with E-state index in [-0.39, 0.29) is 0 Å². The molecule has 1 aliphatic heterocycles. The SMILES string of the molecule is CP1(=O)c2ccccc2CN1c1ccc(Br)cc1. The molecule has 0 spiro atoms. The van der Waals surface area contributed by atoms with Gasteiger partial charge < -0.3 is 4.67 Å². The summed E-state index contributed by atoms with van der Waals surface area (Å²) in [6.07, 6.45) is 0. The van der Waals surface area contributed by atoms with Crippen LogP contribution in [0.15, 0.2) is 53.0 Å². The maximum atomic E-state index is 13.0. The van der Waals surface area contributed by atoms with Gasteiger partial charge in [-0.3, -0.25) is 4.57 Å². The van der Waals surface area contributed by atoms with Crippen molar-refractivity contribution in [3.8, 4) is 0 Å². The first-order chi connectivity index (χ1) is 8.59. The van der Waals surface area contributed by atoms with Crippen LogP contribution in [0.5, 0.6) is 0 Å². The van der Waals surface area contributed by atoms with Gasteiger partial charge in [-0.05, 0) is 35.9 Å². The molecule has 0 amide bonds. The summed E-state index contributed by atoms with van der Waals surface area (Å²) in [5, 5.41) is 0.993. The molecule has 0 saturated carbocycles. The van der Waals surface area contributed by atoms with E-state index < -0.39 is 7.29 Å². The number of benzene rings is 2. The van der Waals surface area contributed by atoms with Crippen LogP contribution >= 0.6 is 23.2 Å². The zero-order chi connectivity index (χ0) is 12.8. The molecule has 18 heavy (non-hydrogen) atoms. The van der Waals surface area contributed by atoms with Crippen molar-refractivity contribution in [3.63, 3.8) is 0 Å². The number of nitrogens with zero attached hydrogens (tertiary/aromatic N) is 1. The standard InChI is InChI=1S/C14H13BrNOP/c1-18(17)14-5-3-2-4-11(14)10-16(18)13-8-6-12(15)7-9-13/h2-9H,10H2,1H3. The Kier molecular flexibility index (Phi) is 2.84. The maximum Gasteiger partial charge on any atom is 0.198 e. The highest BCUT2D eigenvalue weighted by Crippen LogP contribution is 2.53. The zero-order valence-electron chi connectivity index (χ0n) is 10.0. The Bertz CT molecular complexity index is 638. The fourth-order valence-electron chi connectivity index (χ4n) is 2.40. The highest BCUT2D eigenvalue weighted by Gasteiger charge is 2.36. The van der Waals surface area contributed by atoms with Crippen molar-refractivity contribution >= 4 is 34.2 Å². The van der Waals surface area contributed by atoms with Crippen LogP contribution in [0.25, 0.3) is 0 Å². The van der Waals surface area contributed by atoms with E-state index in [4.69, 9.17) is 0 Å². The molecule has 2 nitrogen and oxygen atoms in total. The number of hydrogen-bond acceptors (Lipinski definition) is 1. The Hall–Kier alpha value is -1.05. The average Bonchev–Trinajstić information content (AvgIpc) is 2.63. The predicted octanol–water partition coefficient (Wildman–Crippen LogP) is 4.00. The first-order valence-electron chi connectivity index (χ1n) is 5.78. The van der Waals surface area contributed by atoms with Crippen molar-refractivity contribution in [3.05, 3.63) is 58.6 Å². The largest absolute Gasteiger partial charge is 0.315 e.